The summed E-state index contributed by atoms with van der Waals surface area (Å²) >= 11 is 1.92. The van der Waals surface area contributed by atoms with Crippen LogP contribution < -0.4 is 16.0 Å². The molecule has 2 rings (SSSR count). The van der Waals surface area contributed by atoms with Crippen molar-refractivity contribution < 1.29 is 23.9 Å². The van der Waals surface area contributed by atoms with Crippen molar-refractivity contribution in [2.24, 2.45) is 0 Å². The Morgan fingerprint density at radius 3 is 2.57 bits per heavy atom. The van der Waals surface area contributed by atoms with Gasteiger partial charge in [-0.05, 0) is 19.3 Å². The third-order valence-corrected chi connectivity index (χ3v) is 6.51. The maximum absolute atomic E-state index is 11.9. The van der Waals surface area contributed by atoms with E-state index in [-0.39, 0.29) is 24.0 Å². The van der Waals surface area contributed by atoms with Gasteiger partial charge in [0.25, 0.3) is 0 Å². The number of ketones is 1. The number of thioether (sulfide) groups is 1. The number of rotatable bonds is 15. The first-order chi connectivity index (χ1) is 13.6. The maximum atomic E-state index is 11.9. The highest BCUT2D eigenvalue weighted by Crippen LogP contribution is 2.33. The minimum absolute atomic E-state index is 0.0343. The predicted octanol–water partition coefficient (Wildman–Crippen LogP) is 1.23. The van der Waals surface area contributed by atoms with Crippen LogP contribution in [0.15, 0.2) is 0 Å². The van der Waals surface area contributed by atoms with E-state index in [2.05, 4.69) is 16.0 Å². The van der Waals surface area contributed by atoms with Gasteiger partial charge in [-0.3, -0.25) is 9.59 Å². The zero-order chi connectivity index (χ0) is 20.2. The fourth-order valence-electron chi connectivity index (χ4n) is 3.42. The van der Waals surface area contributed by atoms with Gasteiger partial charge in [-0.2, -0.15) is 11.8 Å². The zero-order valence-electron chi connectivity index (χ0n) is 16.7. The zero-order valence-corrected chi connectivity index (χ0v) is 17.5. The molecule has 9 heteroatoms. The normalized spacial score (nSPS) is 23.2. The van der Waals surface area contributed by atoms with Gasteiger partial charge in [0.1, 0.15) is 5.78 Å². The monoisotopic (exact) mass is 415 g/mol. The molecule has 3 atom stereocenters. The van der Waals surface area contributed by atoms with Crippen molar-refractivity contribution >= 4 is 29.5 Å². The van der Waals surface area contributed by atoms with Crippen molar-refractivity contribution in [1.82, 2.24) is 16.0 Å². The van der Waals surface area contributed by atoms with Gasteiger partial charge in [0.2, 0.25) is 5.91 Å². The van der Waals surface area contributed by atoms with Crippen LogP contribution in [0.25, 0.3) is 0 Å². The first kappa shape index (κ1) is 23.0. The van der Waals surface area contributed by atoms with Crippen LogP contribution in [0.3, 0.4) is 0 Å². The molecule has 0 aromatic carbocycles. The molecule has 0 aromatic rings. The Kier molecular flexibility index (Phi) is 10.7. The summed E-state index contributed by atoms with van der Waals surface area (Å²) in [4.78, 5) is 34.3. The van der Waals surface area contributed by atoms with E-state index in [1.165, 1.54) is 0 Å². The second-order valence-electron chi connectivity index (χ2n) is 7.16. The third kappa shape index (κ3) is 8.36. The Labute approximate surface area is 171 Å². The summed E-state index contributed by atoms with van der Waals surface area (Å²) in [7, 11) is 1.60. The van der Waals surface area contributed by atoms with Crippen LogP contribution in [0.1, 0.15) is 44.9 Å². The molecule has 3 amide bonds. The molecule has 3 N–H and O–H groups in total. The standard InChI is InChI=1S/C19H33N3O5S/c1-20-17(24)8-10-27-12-11-26-9-4-6-14(23)5-2-3-7-16-18-15(13-28-16)21-19(25)22-18/h15-16,18H,2-13H2,1H3,(H,20,24)(H2,21,22,25). The largest absolute Gasteiger partial charge is 0.379 e. The highest BCUT2D eigenvalue weighted by atomic mass is 32.2. The van der Waals surface area contributed by atoms with Crippen LogP contribution in [0.2, 0.25) is 0 Å². The van der Waals surface area contributed by atoms with E-state index in [9.17, 15) is 14.4 Å². The summed E-state index contributed by atoms with van der Waals surface area (Å²) in [6.07, 6.45) is 5.25. The Bertz CT molecular complexity index is 520. The molecule has 2 aliphatic rings. The topological polar surface area (TPSA) is 106 Å². The molecular weight excluding hydrogens is 382 g/mol. The molecule has 0 radical (unpaired) electrons. The number of amides is 3. The quantitative estimate of drug-likeness (QED) is 0.274. The summed E-state index contributed by atoms with van der Waals surface area (Å²) in [6, 6.07) is 0.469. The molecular formula is C19H33N3O5S. The average Bonchev–Trinajstić information content (AvgIpc) is 3.23. The number of fused-ring (bicyclic) bond motifs is 1. The molecule has 0 aromatic heterocycles. The molecule has 3 unspecified atom stereocenters. The van der Waals surface area contributed by atoms with E-state index in [1.54, 1.807) is 7.05 Å². The summed E-state index contributed by atoms with van der Waals surface area (Å²) in [5, 5.41) is 8.95. The highest BCUT2D eigenvalue weighted by molar-refractivity contribution is 8.00. The Hall–Kier alpha value is -1.32. The Morgan fingerprint density at radius 1 is 1.04 bits per heavy atom. The van der Waals surface area contributed by atoms with Gasteiger partial charge in [0.15, 0.2) is 0 Å². The predicted molar refractivity (Wildman–Crippen MR) is 109 cm³/mol. The van der Waals surface area contributed by atoms with Crippen LogP contribution in [0.5, 0.6) is 0 Å². The van der Waals surface area contributed by atoms with Crippen molar-refractivity contribution in [3.63, 3.8) is 0 Å². The fourth-order valence-corrected chi connectivity index (χ4v) is 4.96. The second-order valence-corrected chi connectivity index (χ2v) is 8.43. The molecule has 2 saturated heterocycles. The van der Waals surface area contributed by atoms with Crippen molar-refractivity contribution in [3.8, 4) is 0 Å². The van der Waals surface area contributed by atoms with Crippen molar-refractivity contribution in [2.75, 3.05) is 39.2 Å². The van der Waals surface area contributed by atoms with Crippen LogP contribution in [0.4, 0.5) is 4.79 Å². The van der Waals surface area contributed by atoms with E-state index in [4.69, 9.17) is 9.47 Å². The number of nitrogens with one attached hydrogen (secondary N) is 3. The minimum atomic E-state index is -0.0480. The number of urea groups is 1. The molecule has 2 heterocycles. The van der Waals surface area contributed by atoms with Gasteiger partial charge >= 0.3 is 6.03 Å². The molecule has 160 valence electrons. The first-order valence-electron chi connectivity index (χ1n) is 10.2. The smallest absolute Gasteiger partial charge is 0.315 e. The van der Waals surface area contributed by atoms with Gasteiger partial charge in [0, 0.05) is 43.9 Å². The van der Waals surface area contributed by atoms with Gasteiger partial charge in [-0.15, -0.1) is 0 Å². The highest BCUT2D eigenvalue weighted by Gasteiger charge is 2.42. The lowest BCUT2D eigenvalue weighted by Crippen LogP contribution is -2.36. The number of hydrogen-bond donors (Lipinski definition) is 3. The van der Waals surface area contributed by atoms with Crippen molar-refractivity contribution in [2.45, 2.75) is 62.3 Å². The van der Waals surface area contributed by atoms with Crippen LogP contribution in [0, 0.1) is 0 Å². The molecule has 0 bridgehead atoms. The lowest BCUT2D eigenvalue weighted by molar-refractivity contribution is -0.121. The lowest BCUT2D eigenvalue weighted by atomic mass is 10.0. The van der Waals surface area contributed by atoms with Crippen molar-refractivity contribution in [1.29, 1.82) is 0 Å². The van der Waals surface area contributed by atoms with E-state index in [0.717, 1.165) is 31.4 Å². The van der Waals surface area contributed by atoms with E-state index < -0.39 is 0 Å². The molecule has 0 saturated carbocycles. The second kappa shape index (κ2) is 13.0. The SMILES string of the molecule is CNC(=O)CCOCCOCCCC(=O)CCCCC1SCC2NC(=O)NC21. The summed E-state index contributed by atoms with van der Waals surface area (Å²) in [6.45, 7) is 1.89. The molecule has 0 spiro atoms. The molecule has 2 aliphatic heterocycles. The molecule has 0 aliphatic carbocycles. The van der Waals surface area contributed by atoms with E-state index in [1.807, 2.05) is 11.8 Å². The van der Waals surface area contributed by atoms with Crippen LogP contribution in [-0.4, -0.2) is 74.3 Å². The van der Waals surface area contributed by atoms with Gasteiger partial charge in [-0.25, -0.2) is 4.79 Å². The molecule has 8 nitrogen and oxygen atoms in total. The Morgan fingerprint density at radius 2 is 1.79 bits per heavy atom. The van der Waals surface area contributed by atoms with Crippen LogP contribution >= 0.6 is 11.8 Å². The average molecular weight is 416 g/mol. The third-order valence-electron chi connectivity index (χ3n) is 5.00. The number of carbonyl (C=O) groups is 3. The summed E-state index contributed by atoms with van der Waals surface area (Å²) in [5.41, 5.74) is 0. The van der Waals surface area contributed by atoms with Gasteiger partial charge in [-0.1, -0.05) is 6.42 Å². The maximum Gasteiger partial charge on any atom is 0.315 e. The number of hydrogen-bond acceptors (Lipinski definition) is 6. The fraction of sp³-hybridized carbons (Fsp3) is 0.842. The number of ether oxygens (including phenoxy) is 2. The number of Topliss-reactive ketones (excluding diaryl/α,β-unsaturated/α-hetero) is 1. The summed E-state index contributed by atoms with van der Waals surface area (Å²) < 4.78 is 10.7. The van der Waals surface area contributed by atoms with Crippen LogP contribution in [-0.2, 0) is 19.1 Å². The minimum Gasteiger partial charge on any atom is -0.379 e. The van der Waals surface area contributed by atoms with Gasteiger partial charge < -0.3 is 25.4 Å². The molecule has 2 fully saturated rings. The van der Waals surface area contributed by atoms with Crippen molar-refractivity contribution in [3.05, 3.63) is 0 Å². The Balaban J connectivity index is 1.37. The molecule has 28 heavy (non-hydrogen) atoms. The number of unbranched alkanes of at least 4 members (excludes halogenated alkanes) is 1. The van der Waals surface area contributed by atoms with E-state index in [0.29, 0.717) is 56.7 Å². The number of carbonyl (C=O) groups excluding carboxylic acids is 3. The summed E-state index contributed by atoms with van der Waals surface area (Å²) in [5.74, 6) is 1.23. The van der Waals surface area contributed by atoms with E-state index >= 15 is 0 Å². The van der Waals surface area contributed by atoms with Gasteiger partial charge in [0.05, 0.1) is 31.9 Å². The lowest BCUT2D eigenvalue weighted by Gasteiger charge is -2.16. The first-order valence-corrected chi connectivity index (χ1v) is 11.2.